The van der Waals surface area contributed by atoms with Crippen molar-refractivity contribution in [3.63, 3.8) is 0 Å². The molecule has 23 heavy (non-hydrogen) atoms. The number of anilines is 2. The normalized spacial score (nSPS) is 11.8. The second-order valence-corrected chi connectivity index (χ2v) is 8.22. The zero-order valence-corrected chi connectivity index (χ0v) is 15.0. The maximum absolute atomic E-state index is 11.6. The van der Waals surface area contributed by atoms with Gasteiger partial charge in [0.1, 0.15) is 11.4 Å². The highest BCUT2D eigenvalue weighted by Gasteiger charge is 2.20. The number of carboxylic acid groups (broad SMARTS) is 1. The molecule has 0 bridgehead atoms. The number of aromatic nitrogens is 1. The second-order valence-electron chi connectivity index (χ2n) is 6.47. The van der Waals surface area contributed by atoms with Crippen molar-refractivity contribution in [2.75, 3.05) is 29.0 Å². The summed E-state index contributed by atoms with van der Waals surface area (Å²) in [7, 11) is -3.49. The highest BCUT2D eigenvalue weighted by Crippen LogP contribution is 2.24. The van der Waals surface area contributed by atoms with Gasteiger partial charge in [-0.1, -0.05) is 27.7 Å². The minimum Gasteiger partial charge on any atom is -0.478 e. The maximum Gasteiger partial charge on any atom is 0.339 e. The molecule has 130 valence electrons. The Bertz CT molecular complexity index is 647. The monoisotopic (exact) mass is 343 g/mol. The van der Waals surface area contributed by atoms with Crippen molar-refractivity contribution < 1.29 is 18.3 Å². The third-order valence-electron chi connectivity index (χ3n) is 2.87. The van der Waals surface area contributed by atoms with Gasteiger partial charge in [-0.2, -0.15) is 0 Å². The number of hydrogen-bond donors (Lipinski definition) is 2. The molecule has 0 atom stereocenters. The predicted octanol–water partition coefficient (Wildman–Crippen LogP) is 2.27. The van der Waals surface area contributed by atoms with E-state index >= 15 is 0 Å². The number of pyridine rings is 1. The van der Waals surface area contributed by atoms with E-state index in [1.165, 1.54) is 12.3 Å². The van der Waals surface area contributed by atoms with Crippen LogP contribution in [0.4, 0.5) is 11.5 Å². The Morgan fingerprint density at radius 3 is 2.17 bits per heavy atom. The number of carbonyl (C=O) groups is 1. The summed E-state index contributed by atoms with van der Waals surface area (Å²) < 4.78 is 24.8. The molecule has 2 N–H and O–H groups in total. The van der Waals surface area contributed by atoms with E-state index in [0.717, 1.165) is 6.26 Å². The molecule has 0 aliphatic heterocycles. The number of rotatable bonds is 8. The molecule has 0 amide bonds. The molecule has 0 aromatic carbocycles. The van der Waals surface area contributed by atoms with Crippen molar-refractivity contribution in [1.82, 2.24) is 4.98 Å². The first-order chi connectivity index (χ1) is 10.5. The van der Waals surface area contributed by atoms with Crippen LogP contribution in [0.15, 0.2) is 12.3 Å². The molecule has 0 saturated carbocycles. The standard InChI is InChI=1S/C15H25N3O4S/c1-10(2)8-18(9-11(3)4)14-13(15(19)20)6-12(7-16-14)17-23(5,21)22/h6-7,10-11,17H,8-9H2,1-5H3,(H,19,20). The van der Waals surface area contributed by atoms with Crippen LogP contribution in [0.2, 0.25) is 0 Å². The number of sulfonamides is 1. The molecule has 7 nitrogen and oxygen atoms in total. The fraction of sp³-hybridized carbons (Fsp3) is 0.600. The molecular weight excluding hydrogens is 318 g/mol. The smallest absolute Gasteiger partial charge is 0.339 e. The molecule has 0 unspecified atom stereocenters. The first-order valence-electron chi connectivity index (χ1n) is 7.45. The molecule has 8 heteroatoms. The van der Waals surface area contributed by atoms with Crippen molar-refractivity contribution in [3.8, 4) is 0 Å². The minimum atomic E-state index is -3.49. The highest BCUT2D eigenvalue weighted by molar-refractivity contribution is 7.92. The third-order valence-corrected chi connectivity index (χ3v) is 3.48. The summed E-state index contributed by atoms with van der Waals surface area (Å²) in [6.45, 7) is 9.54. The van der Waals surface area contributed by atoms with Crippen LogP contribution in [0.3, 0.4) is 0 Å². The summed E-state index contributed by atoms with van der Waals surface area (Å²) in [5.74, 6) is -0.0989. The molecule has 1 aromatic heterocycles. The molecule has 0 radical (unpaired) electrons. The van der Waals surface area contributed by atoms with Gasteiger partial charge < -0.3 is 10.0 Å². The lowest BCUT2D eigenvalue weighted by Gasteiger charge is -2.28. The number of nitrogens with one attached hydrogen (secondary N) is 1. The summed E-state index contributed by atoms with van der Waals surface area (Å²) in [6, 6.07) is 1.30. The van der Waals surface area contributed by atoms with Gasteiger partial charge in [0.2, 0.25) is 10.0 Å². The van der Waals surface area contributed by atoms with Gasteiger partial charge in [-0.25, -0.2) is 18.2 Å². The van der Waals surface area contributed by atoms with Crippen LogP contribution < -0.4 is 9.62 Å². The number of nitrogens with zero attached hydrogens (tertiary/aromatic N) is 2. The quantitative estimate of drug-likeness (QED) is 0.751. The van der Waals surface area contributed by atoms with Crippen LogP contribution in [0.25, 0.3) is 0 Å². The van der Waals surface area contributed by atoms with Gasteiger partial charge in [0.15, 0.2) is 0 Å². The summed E-state index contributed by atoms with van der Waals surface area (Å²) >= 11 is 0. The van der Waals surface area contributed by atoms with Crippen LogP contribution in [0.5, 0.6) is 0 Å². The largest absolute Gasteiger partial charge is 0.478 e. The summed E-state index contributed by atoms with van der Waals surface area (Å²) in [4.78, 5) is 17.7. The molecule has 1 aromatic rings. The summed E-state index contributed by atoms with van der Waals surface area (Å²) in [5.41, 5.74) is 0.127. The van der Waals surface area contributed by atoms with Crippen LogP contribution >= 0.6 is 0 Å². The molecule has 1 heterocycles. The molecular formula is C15H25N3O4S. The van der Waals surface area contributed by atoms with E-state index in [9.17, 15) is 18.3 Å². The number of hydrogen-bond acceptors (Lipinski definition) is 5. The van der Waals surface area contributed by atoms with Crippen molar-refractivity contribution >= 4 is 27.5 Å². The van der Waals surface area contributed by atoms with E-state index in [1.54, 1.807) is 0 Å². The van der Waals surface area contributed by atoms with Gasteiger partial charge in [0, 0.05) is 13.1 Å². The van der Waals surface area contributed by atoms with Gasteiger partial charge in [-0.15, -0.1) is 0 Å². The average Bonchev–Trinajstić information content (AvgIpc) is 2.34. The zero-order chi connectivity index (χ0) is 17.8. The Morgan fingerprint density at radius 1 is 1.26 bits per heavy atom. The van der Waals surface area contributed by atoms with Crippen molar-refractivity contribution in [2.24, 2.45) is 11.8 Å². The Morgan fingerprint density at radius 2 is 1.78 bits per heavy atom. The molecule has 0 saturated heterocycles. The van der Waals surface area contributed by atoms with E-state index in [2.05, 4.69) is 9.71 Å². The van der Waals surface area contributed by atoms with Gasteiger partial charge in [0.25, 0.3) is 0 Å². The Kier molecular flexibility index (Phi) is 6.37. The predicted molar refractivity (Wildman–Crippen MR) is 91.6 cm³/mol. The lowest BCUT2D eigenvalue weighted by atomic mass is 10.1. The van der Waals surface area contributed by atoms with E-state index in [1.807, 2.05) is 32.6 Å². The summed E-state index contributed by atoms with van der Waals surface area (Å²) in [6.07, 6.45) is 2.35. The van der Waals surface area contributed by atoms with E-state index in [4.69, 9.17) is 0 Å². The van der Waals surface area contributed by atoms with Gasteiger partial charge >= 0.3 is 5.97 Å². The molecule has 0 spiro atoms. The first kappa shape index (κ1) is 19.2. The fourth-order valence-corrected chi connectivity index (χ4v) is 2.81. The van der Waals surface area contributed by atoms with Crippen LogP contribution in [0, 0.1) is 11.8 Å². The molecule has 1 rings (SSSR count). The molecule has 0 aliphatic rings. The van der Waals surface area contributed by atoms with Crippen molar-refractivity contribution in [1.29, 1.82) is 0 Å². The van der Waals surface area contributed by atoms with Gasteiger partial charge in [-0.3, -0.25) is 4.72 Å². The fourth-order valence-electron chi connectivity index (χ4n) is 2.27. The lowest BCUT2D eigenvalue weighted by Crippen LogP contribution is -2.33. The van der Waals surface area contributed by atoms with E-state index in [0.29, 0.717) is 30.7 Å². The van der Waals surface area contributed by atoms with E-state index < -0.39 is 16.0 Å². The Balaban J connectivity index is 3.28. The third kappa shape index (κ3) is 6.43. The highest BCUT2D eigenvalue weighted by atomic mass is 32.2. The topological polar surface area (TPSA) is 99.6 Å². The second kappa shape index (κ2) is 7.63. The Hall–Kier alpha value is -1.83. The molecule has 0 fully saturated rings. The summed E-state index contributed by atoms with van der Waals surface area (Å²) in [5, 5.41) is 9.46. The van der Waals surface area contributed by atoms with Crippen LogP contribution in [0.1, 0.15) is 38.1 Å². The van der Waals surface area contributed by atoms with Crippen molar-refractivity contribution in [3.05, 3.63) is 17.8 Å². The SMILES string of the molecule is CC(C)CN(CC(C)C)c1ncc(NS(C)(=O)=O)cc1C(=O)O. The van der Waals surface area contributed by atoms with E-state index in [-0.39, 0.29) is 11.3 Å². The lowest BCUT2D eigenvalue weighted by molar-refractivity contribution is 0.0697. The minimum absolute atomic E-state index is 0.0139. The van der Waals surface area contributed by atoms with Crippen LogP contribution in [-0.2, 0) is 10.0 Å². The molecule has 0 aliphatic carbocycles. The number of aromatic carboxylic acids is 1. The van der Waals surface area contributed by atoms with Gasteiger partial charge in [0.05, 0.1) is 18.1 Å². The van der Waals surface area contributed by atoms with Crippen molar-refractivity contribution in [2.45, 2.75) is 27.7 Å². The number of carboxylic acids is 1. The Labute approximate surface area is 137 Å². The van der Waals surface area contributed by atoms with Crippen LogP contribution in [-0.4, -0.2) is 43.8 Å². The maximum atomic E-state index is 11.6. The van der Waals surface area contributed by atoms with Gasteiger partial charge in [-0.05, 0) is 17.9 Å². The first-order valence-corrected chi connectivity index (χ1v) is 9.34. The zero-order valence-electron chi connectivity index (χ0n) is 14.2. The average molecular weight is 343 g/mol.